The van der Waals surface area contributed by atoms with Gasteiger partial charge in [0.15, 0.2) is 5.82 Å². The van der Waals surface area contributed by atoms with Gasteiger partial charge in [0.05, 0.1) is 23.3 Å². The Morgan fingerprint density at radius 3 is 2.32 bits per heavy atom. The Kier molecular flexibility index (Phi) is 12.3. The molecule has 2 atom stereocenters. The molecule has 14 nitrogen and oxygen atoms in total. The van der Waals surface area contributed by atoms with Crippen molar-refractivity contribution in [3.8, 4) is 5.69 Å². The SMILES string of the molecule is C[C@@H](c1cc2c(-n3cc(F)c4c(c3=O)CCN4)ccnc2n1C)N1CC=C(c2c(F)cc(C(=O)N3CCC(CN4CCN(c5ccc(NC6CCC(=O)NC6=O)cc5F)CC4)CC3)cc2F)CC1. The standard InChI is InChI=1S/C50H54F4N10O4/c1-29(43-26-35-41(8-14-56-47(35)59(43)2)64-28-39(54)46-34(50(64)68)7-13-55-46)61-17-11-31(12-18-61)45-37(52)23-32(24-38(45)53)49(67)63-15-9-30(10-16-63)27-60-19-21-62(22-20-60)42-5-3-33(25-36(42)51)57-40-4-6-44(65)58-48(40)66/h3,5,8,11,14,23-26,28-30,40,55,57H,4,6-7,9-10,12-13,15-22,27H2,1-2H3,(H,58,65,66)/t29-,40?/m0/s1. The Hall–Kier alpha value is -6.53. The lowest BCUT2D eigenvalue weighted by Crippen LogP contribution is -2.49. The van der Waals surface area contributed by atoms with E-state index in [1.54, 1.807) is 29.3 Å². The number of halogens is 4. The molecule has 3 N–H and O–H groups in total. The number of piperazine rings is 1. The Morgan fingerprint density at radius 1 is 0.853 bits per heavy atom. The van der Waals surface area contributed by atoms with Gasteiger partial charge in [-0.2, -0.15) is 0 Å². The number of anilines is 3. The fourth-order valence-electron chi connectivity index (χ4n) is 10.8. The summed E-state index contributed by atoms with van der Waals surface area (Å²) in [6, 6.07) is 10.1. The highest BCUT2D eigenvalue weighted by Gasteiger charge is 2.31. The third-order valence-corrected chi connectivity index (χ3v) is 14.6. The molecule has 18 heteroatoms. The van der Waals surface area contributed by atoms with Gasteiger partial charge in [-0.1, -0.05) is 6.08 Å². The lowest BCUT2D eigenvalue weighted by molar-refractivity contribution is -0.133. The molecule has 5 aromatic rings. The van der Waals surface area contributed by atoms with E-state index in [0.717, 1.165) is 50.3 Å². The van der Waals surface area contributed by atoms with Gasteiger partial charge in [0.1, 0.15) is 29.1 Å². The molecule has 0 radical (unpaired) electrons. The molecular weight excluding hydrogens is 881 g/mol. The Labute approximate surface area is 390 Å². The summed E-state index contributed by atoms with van der Waals surface area (Å²) in [4.78, 5) is 63.5. The maximum Gasteiger partial charge on any atom is 0.260 e. The normalized spacial score (nSPS) is 20.0. The number of fused-ring (bicyclic) bond motifs is 2. The molecule has 5 aliphatic rings. The second-order valence-electron chi connectivity index (χ2n) is 18.7. The van der Waals surface area contributed by atoms with Gasteiger partial charge in [-0.3, -0.25) is 38.9 Å². The van der Waals surface area contributed by atoms with Crippen molar-refractivity contribution >= 4 is 51.4 Å². The molecule has 0 aliphatic carbocycles. The number of imide groups is 1. The van der Waals surface area contributed by atoms with Gasteiger partial charge in [0.2, 0.25) is 11.8 Å². The molecule has 1 unspecified atom stereocenters. The number of hydrogen-bond acceptors (Lipinski definition) is 10. The molecule has 356 valence electrons. The number of benzene rings is 2. The Bertz CT molecular complexity index is 2900. The van der Waals surface area contributed by atoms with Crippen LogP contribution in [0.3, 0.4) is 0 Å². The number of aromatic nitrogens is 3. The first-order chi connectivity index (χ1) is 32.8. The van der Waals surface area contributed by atoms with Gasteiger partial charge in [0, 0.05) is 125 Å². The zero-order valence-electron chi connectivity index (χ0n) is 38.1. The van der Waals surface area contributed by atoms with E-state index in [1.807, 2.05) is 35.6 Å². The number of aryl methyl sites for hydroxylation is 1. The van der Waals surface area contributed by atoms with Crippen LogP contribution in [0, 0.1) is 29.2 Å². The van der Waals surface area contributed by atoms with Crippen molar-refractivity contribution in [1.82, 2.24) is 34.1 Å². The number of hydrogen-bond donors (Lipinski definition) is 3. The van der Waals surface area contributed by atoms with Crippen LogP contribution in [0.2, 0.25) is 0 Å². The van der Waals surface area contributed by atoms with Crippen molar-refractivity contribution in [1.29, 1.82) is 0 Å². The molecule has 0 saturated carbocycles. The van der Waals surface area contributed by atoms with Crippen molar-refractivity contribution in [2.45, 2.75) is 57.5 Å². The minimum Gasteiger partial charge on any atom is -0.382 e. The van der Waals surface area contributed by atoms with Crippen molar-refractivity contribution in [2.24, 2.45) is 13.0 Å². The second-order valence-corrected chi connectivity index (χ2v) is 18.7. The maximum atomic E-state index is 15.8. The zero-order valence-corrected chi connectivity index (χ0v) is 38.1. The smallest absolute Gasteiger partial charge is 0.260 e. The summed E-state index contributed by atoms with van der Waals surface area (Å²) in [6.07, 6.45) is 7.60. The van der Waals surface area contributed by atoms with Crippen molar-refractivity contribution < 1.29 is 31.9 Å². The largest absolute Gasteiger partial charge is 0.382 e. The molecule has 3 aromatic heterocycles. The summed E-state index contributed by atoms with van der Waals surface area (Å²) in [5.74, 6) is -3.17. The number of amides is 3. The van der Waals surface area contributed by atoms with E-state index >= 15 is 17.6 Å². The molecule has 68 heavy (non-hydrogen) atoms. The van der Waals surface area contributed by atoms with Gasteiger partial charge < -0.3 is 25.0 Å². The number of carbonyl (C=O) groups is 3. The fourth-order valence-corrected chi connectivity index (χ4v) is 10.8. The lowest BCUT2D eigenvalue weighted by Gasteiger charge is -2.39. The van der Waals surface area contributed by atoms with E-state index in [9.17, 15) is 19.2 Å². The van der Waals surface area contributed by atoms with Crippen LogP contribution in [0.1, 0.15) is 72.2 Å². The quantitative estimate of drug-likeness (QED) is 0.113. The first kappa shape index (κ1) is 45.3. The van der Waals surface area contributed by atoms with Gasteiger partial charge >= 0.3 is 0 Å². The molecule has 3 saturated heterocycles. The van der Waals surface area contributed by atoms with Gasteiger partial charge in [-0.05, 0) is 93.0 Å². The highest BCUT2D eigenvalue weighted by molar-refractivity contribution is 6.01. The van der Waals surface area contributed by atoms with E-state index in [-0.39, 0.29) is 46.6 Å². The molecule has 8 heterocycles. The summed E-state index contributed by atoms with van der Waals surface area (Å²) >= 11 is 0. The summed E-state index contributed by atoms with van der Waals surface area (Å²) < 4.78 is 65.3. The van der Waals surface area contributed by atoms with Gasteiger partial charge in [-0.15, -0.1) is 0 Å². The minimum atomic E-state index is -0.767. The van der Waals surface area contributed by atoms with Gasteiger partial charge in [-0.25, -0.2) is 22.5 Å². The number of carbonyl (C=O) groups excluding carboxylic acids is 3. The van der Waals surface area contributed by atoms with E-state index in [1.165, 1.54) is 16.8 Å². The summed E-state index contributed by atoms with van der Waals surface area (Å²) in [5.41, 5.74) is 3.90. The van der Waals surface area contributed by atoms with Crippen LogP contribution in [0.15, 0.2) is 65.7 Å². The number of nitrogens with one attached hydrogen (secondary N) is 3. The van der Waals surface area contributed by atoms with Crippen LogP contribution >= 0.6 is 0 Å². The lowest BCUT2D eigenvalue weighted by atomic mass is 9.94. The number of piperidine rings is 2. The molecule has 5 aliphatic heterocycles. The number of pyridine rings is 2. The second kappa shape index (κ2) is 18.5. The number of rotatable bonds is 10. The molecule has 10 rings (SSSR count). The summed E-state index contributed by atoms with van der Waals surface area (Å²) in [7, 11) is 1.90. The molecule has 0 bridgehead atoms. The molecular formula is C50H54F4N10O4. The van der Waals surface area contributed by atoms with Crippen molar-refractivity contribution in [3.63, 3.8) is 0 Å². The topological polar surface area (TPSA) is 140 Å². The van der Waals surface area contributed by atoms with E-state index in [2.05, 4.69) is 30.7 Å². The van der Waals surface area contributed by atoms with Gasteiger partial charge in [0.25, 0.3) is 11.5 Å². The highest BCUT2D eigenvalue weighted by atomic mass is 19.1. The van der Waals surface area contributed by atoms with Crippen LogP contribution in [0.4, 0.5) is 34.6 Å². The predicted octanol–water partition coefficient (Wildman–Crippen LogP) is 5.99. The average molecular weight is 935 g/mol. The van der Waals surface area contributed by atoms with Crippen LogP contribution in [0.25, 0.3) is 22.3 Å². The van der Waals surface area contributed by atoms with Crippen molar-refractivity contribution in [3.05, 3.63) is 117 Å². The van der Waals surface area contributed by atoms with Crippen molar-refractivity contribution in [2.75, 3.05) is 81.0 Å². The Morgan fingerprint density at radius 2 is 1.62 bits per heavy atom. The zero-order chi connectivity index (χ0) is 47.4. The molecule has 0 spiro atoms. The number of nitrogens with zero attached hydrogens (tertiary/aromatic N) is 7. The summed E-state index contributed by atoms with van der Waals surface area (Å²) in [5, 5.41) is 9.00. The fraction of sp³-hybridized carbons (Fsp3) is 0.420. The summed E-state index contributed by atoms with van der Waals surface area (Å²) in [6.45, 7) is 8.08. The average Bonchev–Trinajstić information content (AvgIpc) is 3.97. The first-order valence-electron chi connectivity index (χ1n) is 23.5. The molecule has 3 amide bonds. The Balaban J connectivity index is 0.720. The third-order valence-electron chi connectivity index (χ3n) is 14.6. The van der Waals surface area contributed by atoms with Crippen LogP contribution in [-0.4, -0.2) is 118 Å². The predicted molar refractivity (Wildman–Crippen MR) is 251 cm³/mol. The van der Waals surface area contributed by atoms with Crippen LogP contribution in [-0.2, 0) is 23.1 Å². The monoisotopic (exact) mass is 934 g/mol. The molecule has 2 aromatic carbocycles. The minimum absolute atomic E-state index is 0.0118. The van der Waals surface area contributed by atoms with E-state index in [0.29, 0.717) is 110 Å². The highest BCUT2D eigenvalue weighted by Crippen LogP contribution is 2.35. The van der Waals surface area contributed by atoms with Crippen LogP contribution in [0.5, 0.6) is 0 Å². The van der Waals surface area contributed by atoms with E-state index < -0.39 is 35.3 Å². The maximum absolute atomic E-state index is 15.8. The van der Waals surface area contributed by atoms with Crippen LogP contribution < -0.4 is 26.4 Å². The third kappa shape index (κ3) is 8.63. The first-order valence-corrected chi connectivity index (χ1v) is 23.5. The number of likely N-dealkylation sites (tertiary alicyclic amines) is 1. The molecule has 3 fully saturated rings. The van der Waals surface area contributed by atoms with E-state index in [4.69, 9.17) is 0 Å².